The Hall–Kier alpha value is -6.92. The van der Waals surface area contributed by atoms with Gasteiger partial charge < -0.3 is 20.6 Å². The summed E-state index contributed by atoms with van der Waals surface area (Å²) >= 11 is 0. The first-order valence-electron chi connectivity index (χ1n) is 19.8. The van der Waals surface area contributed by atoms with Crippen LogP contribution >= 0.6 is 0 Å². The lowest BCUT2D eigenvalue weighted by molar-refractivity contribution is 0.452. The summed E-state index contributed by atoms with van der Waals surface area (Å²) in [6, 6.07) is 41.9. The van der Waals surface area contributed by atoms with Gasteiger partial charge in [0.15, 0.2) is 0 Å². The zero-order valence-electron chi connectivity index (χ0n) is 33.1. The largest absolute Gasteiger partial charge is 0.507 e. The molecule has 0 amide bonds. The van der Waals surface area contributed by atoms with Gasteiger partial charge in [-0.05, 0) is 101 Å². The molecule has 0 aromatic heterocycles. The van der Waals surface area contributed by atoms with Gasteiger partial charge >= 0.3 is 0 Å². The molecule has 7 rings (SSSR count). The van der Waals surface area contributed by atoms with Crippen LogP contribution in [0.15, 0.2) is 162 Å². The highest BCUT2D eigenvalue weighted by Crippen LogP contribution is 2.48. The molecule has 1 aliphatic carbocycles. The molecular weight excluding hydrogens is 715 g/mol. The number of benzene rings is 6. The van der Waals surface area contributed by atoms with E-state index >= 15 is 0 Å². The molecule has 1 aliphatic rings. The maximum atomic E-state index is 11.9. The summed E-state index contributed by atoms with van der Waals surface area (Å²) in [6.07, 6.45) is 8.61. The van der Waals surface area contributed by atoms with Crippen molar-refractivity contribution in [2.24, 2.45) is 9.98 Å². The summed E-state index contributed by atoms with van der Waals surface area (Å²) in [5.74, 6) is 0.750. The van der Waals surface area contributed by atoms with Crippen molar-refractivity contribution in [1.82, 2.24) is 5.32 Å². The molecule has 0 saturated heterocycles. The Kier molecular flexibility index (Phi) is 12.1. The number of hydrogen-bond donors (Lipinski definition) is 4. The van der Waals surface area contributed by atoms with E-state index in [1.54, 1.807) is 18.2 Å². The van der Waals surface area contributed by atoms with E-state index in [-0.39, 0.29) is 23.8 Å². The van der Waals surface area contributed by atoms with Crippen LogP contribution in [-0.2, 0) is 13.0 Å². The van der Waals surface area contributed by atoms with Gasteiger partial charge in [0.25, 0.3) is 0 Å². The van der Waals surface area contributed by atoms with E-state index in [4.69, 9.17) is 4.99 Å². The van der Waals surface area contributed by atoms with Crippen molar-refractivity contribution < 1.29 is 15.3 Å². The van der Waals surface area contributed by atoms with Gasteiger partial charge in [0.2, 0.25) is 0 Å². The highest BCUT2D eigenvalue weighted by Gasteiger charge is 2.25. The number of aliphatic imine (C=N–C) groups is 2. The summed E-state index contributed by atoms with van der Waals surface area (Å²) < 4.78 is 0. The molecule has 6 heteroatoms. The number of phenolic OH excluding ortho intramolecular Hbond substituents is 3. The van der Waals surface area contributed by atoms with E-state index in [9.17, 15) is 15.3 Å². The van der Waals surface area contributed by atoms with Crippen LogP contribution in [0.5, 0.6) is 17.2 Å². The molecule has 0 heterocycles. The Labute approximate surface area is 341 Å². The van der Waals surface area contributed by atoms with Gasteiger partial charge in [0, 0.05) is 27.8 Å². The molecule has 0 bridgehead atoms. The summed E-state index contributed by atoms with van der Waals surface area (Å²) in [6.45, 7) is 11.9. The third-order valence-corrected chi connectivity index (χ3v) is 10.9. The molecule has 6 aromatic carbocycles. The second-order valence-corrected chi connectivity index (χ2v) is 14.6. The van der Waals surface area contributed by atoms with Crippen LogP contribution in [0.25, 0.3) is 45.0 Å². The maximum absolute atomic E-state index is 11.9. The lowest BCUT2D eigenvalue weighted by Gasteiger charge is -2.24. The second kappa shape index (κ2) is 17.9. The van der Waals surface area contributed by atoms with Crippen molar-refractivity contribution in [3.8, 4) is 50.6 Å². The molecule has 1 unspecified atom stereocenters. The number of phenols is 3. The molecule has 58 heavy (non-hydrogen) atoms. The lowest BCUT2D eigenvalue weighted by atomic mass is 9.83. The predicted molar refractivity (Wildman–Crippen MR) is 241 cm³/mol. The fourth-order valence-corrected chi connectivity index (χ4v) is 7.92. The molecule has 1 atom stereocenters. The van der Waals surface area contributed by atoms with Crippen LogP contribution in [-0.4, -0.2) is 34.0 Å². The average molecular weight is 764 g/mol. The smallest absolute Gasteiger partial charge is 0.141 e. The Balaban J connectivity index is 1.30. The zero-order chi connectivity index (χ0) is 40.6. The summed E-state index contributed by atoms with van der Waals surface area (Å²) in [5.41, 5.74) is 11.9. The van der Waals surface area contributed by atoms with E-state index in [1.807, 2.05) is 73.7 Å². The first kappa shape index (κ1) is 39.3. The number of rotatable bonds is 13. The van der Waals surface area contributed by atoms with Gasteiger partial charge in [-0.25, -0.2) is 0 Å². The quantitative estimate of drug-likeness (QED) is 0.0535. The fourth-order valence-electron chi connectivity index (χ4n) is 7.92. The number of aromatic hydroxyl groups is 3. The number of allylic oxidation sites excluding steroid dienone is 3. The van der Waals surface area contributed by atoms with Crippen LogP contribution in [0.1, 0.15) is 59.6 Å². The number of nitrogens with one attached hydrogen (secondary N) is 1. The fraction of sp³-hybridized carbons (Fsp3) is 0.154. The van der Waals surface area contributed by atoms with Gasteiger partial charge in [-0.3, -0.25) is 9.98 Å². The van der Waals surface area contributed by atoms with E-state index in [0.29, 0.717) is 34.5 Å². The second-order valence-electron chi connectivity index (χ2n) is 14.6. The van der Waals surface area contributed by atoms with E-state index < -0.39 is 6.17 Å². The van der Waals surface area contributed by atoms with Crippen molar-refractivity contribution in [1.29, 1.82) is 0 Å². The van der Waals surface area contributed by atoms with Crippen molar-refractivity contribution in [3.63, 3.8) is 0 Å². The van der Waals surface area contributed by atoms with Gasteiger partial charge in [0.1, 0.15) is 29.2 Å². The minimum absolute atomic E-state index is 0.00956. The topological polar surface area (TPSA) is 97.4 Å². The third-order valence-electron chi connectivity index (χ3n) is 10.9. The van der Waals surface area contributed by atoms with Crippen molar-refractivity contribution in [3.05, 3.63) is 185 Å². The van der Waals surface area contributed by atoms with Gasteiger partial charge in [-0.2, -0.15) is 0 Å². The first-order chi connectivity index (χ1) is 28.3. The minimum atomic E-state index is -0.444. The molecule has 6 nitrogen and oxygen atoms in total. The summed E-state index contributed by atoms with van der Waals surface area (Å²) in [7, 11) is 0. The first-order valence-corrected chi connectivity index (χ1v) is 19.8. The van der Waals surface area contributed by atoms with Gasteiger partial charge in [0.05, 0.1) is 6.54 Å². The molecule has 0 fully saturated rings. The number of nitrogens with zero attached hydrogens (tertiary/aromatic N) is 2. The summed E-state index contributed by atoms with van der Waals surface area (Å²) in [5, 5.41) is 38.6. The van der Waals surface area contributed by atoms with Crippen LogP contribution in [0.4, 0.5) is 0 Å². The molecule has 290 valence electrons. The molecule has 4 N–H and O–H groups in total. The Morgan fingerprint density at radius 2 is 1.40 bits per heavy atom. The third kappa shape index (κ3) is 8.28. The van der Waals surface area contributed by atoms with E-state index in [2.05, 4.69) is 91.2 Å². The summed E-state index contributed by atoms with van der Waals surface area (Å²) in [4.78, 5) is 9.62. The van der Waals surface area contributed by atoms with Crippen molar-refractivity contribution in [2.75, 3.05) is 0 Å². The Bertz CT molecular complexity index is 2540. The van der Waals surface area contributed by atoms with Crippen molar-refractivity contribution in [2.45, 2.75) is 52.2 Å². The van der Waals surface area contributed by atoms with E-state index in [0.717, 1.165) is 63.8 Å². The molecular formula is C52H49N3O3. The molecule has 0 radical (unpaired) electrons. The highest BCUT2D eigenvalue weighted by atomic mass is 16.3. The Morgan fingerprint density at radius 3 is 2.02 bits per heavy atom. The average Bonchev–Trinajstić information content (AvgIpc) is 3.27. The van der Waals surface area contributed by atoms with E-state index in [1.165, 1.54) is 11.1 Å². The molecule has 0 aliphatic heterocycles. The predicted octanol–water partition coefficient (Wildman–Crippen LogP) is 12.1. The SMILES string of the molecule is C=Cc1c(O)cc(-c2ccccc2)c(-c2c(O)cc(CN=C(NC(N=C)C3=CC=C(c4ccccc4)CC3)c3cccc(-c4ccccc4)c3)c(O)c2C)c1CCC. The molecule has 0 saturated carbocycles. The number of hydrogen-bond acceptors (Lipinski definition) is 5. The maximum Gasteiger partial charge on any atom is 0.141 e. The number of amidine groups is 1. The van der Waals surface area contributed by atoms with Gasteiger partial charge in [-0.15, -0.1) is 0 Å². The monoisotopic (exact) mass is 763 g/mol. The minimum Gasteiger partial charge on any atom is -0.507 e. The molecule has 0 spiro atoms. The van der Waals surface area contributed by atoms with Crippen LogP contribution in [0.3, 0.4) is 0 Å². The normalized spacial score (nSPS) is 13.3. The standard InChI is InChI=1S/C52H49N3O3/c1-5-17-44-43(6-2)46(56)32-45(38-22-14-9-15-23-38)49(44)48-34(3)50(58)42(31-47(48)57)33-54-52(41-25-16-24-40(30-41)36-20-12-8-13-21-36)55-51(53-4)39-28-26-37(27-29-39)35-18-10-7-11-19-35/h6-16,18-26,28,30-32,51,56-58H,2,4-5,17,27,29,33H2,1,3H3,(H,54,55). The van der Waals surface area contributed by atoms with Crippen LogP contribution in [0.2, 0.25) is 0 Å². The highest BCUT2D eigenvalue weighted by molar-refractivity contribution is 6.00. The zero-order valence-corrected chi connectivity index (χ0v) is 33.1. The van der Waals surface area contributed by atoms with Crippen LogP contribution < -0.4 is 5.32 Å². The molecule has 6 aromatic rings. The van der Waals surface area contributed by atoms with Crippen molar-refractivity contribution >= 4 is 24.2 Å². The van der Waals surface area contributed by atoms with Gasteiger partial charge in [-0.1, -0.05) is 147 Å². The Morgan fingerprint density at radius 1 is 0.741 bits per heavy atom. The lowest BCUT2D eigenvalue weighted by Crippen LogP contribution is -2.36. The van der Waals surface area contributed by atoms with Crippen LogP contribution in [0, 0.1) is 6.92 Å².